The highest BCUT2D eigenvalue weighted by Crippen LogP contribution is 2.36. The van der Waals surface area contributed by atoms with Crippen molar-refractivity contribution in [2.24, 2.45) is 5.92 Å². The van der Waals surface area contributed by atoms with Crippen LogP contribution in [0.15, 0.2) is 120 Å². The Balaban J connectivity index is 0.000000208. The summed E-state index contributed by atoms with van der Waals surface area (Å²) >= 11 is 21.8. The molecule has 135 heavy (non-hydrogen) atoms. The average molecular weight is 2180 g/mol. The smallest absolute Gasteiger partial charge is 0.290 e. The Kier molecular flexibility index (Phi) is 50.6. The molecule has 0 spiro atoms. The molecule has 0 bridgehead atoms. The lowest BCUT2D eigenvalue weighted by molar-refractivity contribution is 0.0872. The molecular weight excluding hydrogens is 2070 g/mol. The van der Waals surface area contributed by atoms with E-state index in [9.17, 15) is 43.2 Å². The van der Waals surface area contributed by atoms with Crippen LogP contribution < -0.4 is 0 Å². The van der Waals surface area contributed by atoms with Gasteiger partial charge in [0.05, 0.1) is 12.1 Å². The number of aromatic nitrogens is 18. The first kappa shape index (κ1) is 115. The van der Waals surface area contributed by atoms with Crippen LogP contribution in [-0.2, 0) is 0 Å². The third kappa shape index (κ3) is 42.4. The molecule has 0 aliphatic carbocycles. The molecule has 15 rings (SSSR count). The van der Waals surface area contributed by atoms with Crippen molar-refractivity contribution in [2.45, 2.75) is 234 Å². The second-order valence-electron chi connectivity index (χ2n) is 30.0. The Hall–Kier alpha value is -7.14. The Morgan fingerprint density at radius 2 is 0.637 bits per heavy atom. The number of allylic oxidation sites excluding steroid dienone is 2. The molecular formula is C81H111N27O9S18. The zero-order valence-corrected chi connectivity index (χ0v) is 93.1. The lowest BCUT2D eigenvalue weighted by atomic mass is 9.93. The summed E-state index contributed by atoms with van der Waals surface area (Å²) in [6.07, 6.45) is 15.2. The van der Waals surface area contributed by atoms with Crippen LogP contribution in [-0.4, -0.2) is 291 Å². The van der Waals surface area contributed by atoms with E-state index in [0.717, 1.165) is 234 Å². The van der Waals surface area contributed by atoms with Gasteiger partial charge in [-0.25, -0.2) is 44.9 Å². The molecule has 6 aliphatic rings. The summed E-state index contributed by atoms with van der Waals surface area (Å²) in [7, 11) is 0. The summed E-state index contributed by atoms with van der Waals surface area (Å²) in [6.45, 7) is 61.8. The molecule has 6 fully saturated rings. The van der Waals surface area contributed by atoms with Crippen molar-refractivity contribution in [3.63, 3.8) is 0 Å². The molecule has 732 valence electrons. The van der Waals surface area contributed by atoms with Gasteiger partial charge in [-0.2, -0.15) is 39.4 Å². The summed E-state index contributed by atoms with van der Waals surface area (Å²) in [6, 6.07) is 1.88. The maximum Gasteiger partial charge on any atom is 0.290 e. The Morgan fingerprint density at radius 3 is 0.867 bits per heavy atom. The number of thioether (sulfide) groups is 9. The van der Waals surface area contributed by atoms with Gasteiger partial charge in [-0.1, -0.05) is 67.7 Å². The van der Waals surface area contributed by atoms with Crippen molar-refractivity contribution in [1.82, 2.24) is 128 Å². The van der Waals surface area contributed by atoms with Gasteiger partial charge < -0.3 is 44.1 Å². The number of likely N-dealkylation sites (tertiary alicyclic amines) is 3. The van der Waals surface area contributed by atoms with E-state index >= 15 is 0 Å². The van der Waals surface area contributed by atoms with Gasteiger partial charge in [0.25, 0.3) is 47.2 Å². The van der Waals surface area contributed by atoms with Crippen molar-refractivity contribution < 1.29 is 43.2 Å². The van der Waals surface area contributed by atoms with Crippen molar-refractivity contribution in [3.05, 3.63) is 119 Å². The molecule has 0 radical (unpaired) electrons. The van der Waals surface area contributed by atoms with E-state index in [1.807, 2.05) is 162 Å². The Bertz CT molecular complexity index is 5280. The maximum absolute atomic E-state index is 12.1. The summed E-state index contributed by atoms with van der Waals surface area (Å²) in [4.78, 5) is 159. The molecule has 0 saturated carbocycles. The standard InChI is InChI=1S/3C12H17N3OS2.C9H13N3OS2.2C8H11N3OS2.2C7H9N3OS2.C6H7N3OS2/c1-8(2)6-15(7-9(3)4)12(16)17-11-13-10(5)18-14-11;2*1-4-6-8-15(9-7-5-2)12(16)17-11-13-10(3)18-14-11;1-5-4-12(6(5)2)9(13)14-8-10-7(3)15-11-8;1-5-3-4-11(5)8(12)13-7-9-6(2)14-10-7;1-4-5(2)11(4)8(12)13-7-9-6(3)14-10-7;1-4-3-10(4)7(11)12-6-8-5(2)13-9-6;1-5-8-6(9-13-5)12-7(11)10-3-2-4-10;1-4-7-5(8-12-4)11-6(10)9-2-3-9/h1,3,6-7H2,2,4-5H3;4-7H,8-9H2,1-3H3;4-5H,1-2,6-9H2,3H3;5-6H,4H2,1-3H3;5H,3-4H2,1-2H3;4-5H,1-3H3;4H,3H2,1-2H3;2-4H2,1H3;2-3H2,1H3/b;6-4-,7-5+;;;;;;;. The number of hydrogen-bond acceptors (Lipinski definition) is 45. The van der Waals surface area contributed by atoms with Crippen LogP contribution in [0, 0.1) is 68.2 Å². The molecule has 9 amide bonds. The second-order valence-corrected chi connectivity index (χ2v) is 46.9. The first-order valence-corrected chi connectivity index (χ1v) is 56.3. The van der Waals surface area contributed by atoms with Crippen LogP contribution in [0.3, 0.4) is 0 Å². The molecule has 9 aromatic heterocycles. The third-order valence-corrected chi connectivity index (χ3v) is 32.1. The molecule has 54 heteroatoms. The van der Waals surface area contributed by atoms with Gasteiger partial charge in [-0.15, -0.1) is 13.2 Å². The van der Waals surface area contributed by atoms with Crippen molar-refractivity contribution >= 4 is 257 Å². The quantitative estimate of drug-likeness (QED) is 0.0326. The minimum absolute atomic E-state index is 0.0171. The number of carbonyl (C=O) groups is 9. The van der Waals surface area contributed by atoms with E-state index in [0.29, 0.717) is 122 Å². The molecule has 9 aromatic rings. The molecule has 6 aliphatic heterocycles. The summed E-state index contributed by atoms with van der Waals surface area (Å²) in [5.41, 5.74) is 1.88. The first-order chi connectivity index (χ1) is 64.2. The zero-order chi connectivity index (χ0) is 99.1. The van der Waals surface area contributed by atoms with Gasteiger partial charge in [-0.3, -0.25) is 43.2 Å². The van der Waals surface area contributed by atoms with Gasteiger partial charge in [0.2, 0.25) is 46.4 Å². The predicted molar refractivity (Wildman–Crippen MR) is 558 cm³/mol. The Labute approximate surface area is 863 Å². The van der Waals surface area contributed by atoms with E-state index in [4.69, 9.17) is 0 Å². The monoisotopic (exact) mass is 2180 g/mol. The molecule has 6 unspecified atom stereocenters. The fourth-order valence-electron chi connectivity index (χ4n) is 10.4. The van der Waals surface area contributed by atoms with Crippen LogP contribution >= 0.6 is 210 Å². The predicted octanol–water partition coefficient (Wildman–Crippen LogP) is 22.1. The van der Waals surface area contributed by atoms with Crippen molar-refractivity contribution in [3.8, 4) is 0 Å². The lowest BCUT2D eigenvalue weighted by Gasteiger charge is -2.44. The highest BCUT2D eigenvalue weighted by molar-refractivity contribution is 8.15. The number of carbonyl (C=O) groups excluding carboxylic acids is 9. The van der Waals surface area contributed by atoms with Gasteiger partial charge in [0.1, 0.15) is 45.1 Å². The second kappa shape index (κ2) is 59.4. The topological polar surface area (TPSA) is 414 Å². The largest absolute Gasteiger partial charge is 0.333 e. The first-order valence-electron chi connectivity index (χ1n) is 42.0. The number of aryl methyl sites for hydroxylation is 9. The normalized spacial score (nSPS) is 16.6. The van der Waals surface area contributed by atoms with Crippen LogP contribution in [0.25, 0.3) is 0 Å². The molecule has 0 N–H and O–H groups in total. The van der Waals surface area contributed by atoms with E-state index < -0.39 is 0 Å². The van der Waals surface area contributed by atoms with Crippen LogP contribution in [0.4, 0.5) is 43.2 Å². The number of amides is 9. The number of rotatable bonds is 23. The van der Waals surface area contributed by atoms with E-state index in [1.165, 1.54) is 104 Å². The van der Waals surface area contributed by atoms with Crippen LogP contribution in [0.1, 0.15) is 140 Å². The van der Waals surface area contributed by atoms with Crippen molar-refractivity contribution in [1.29, 1.82) is 0 Å². The van der Waals surface area contributed by atoms with Crippen LogP contribution in [0.5, 0.6) is 0 Å². The minimum Gasteiger partial charge on any atom is -0.333 e. The van der Waals surface area contributed by atoms with Gasteiger partial charge in [0.15, 0.2) is 0 Å². The van der Waals surface area contributed by atoms with Gasteiger partial charge in [0, 0.05) is 209 Å². The summed E-state index contributed by atoms with van der Waals surface area (Å²) in [5, 5.41) is 13.3. The van der Waals surface area contributed by atoms with E-state index in [2.05, 4.69) is 131 Å². The van der Waals surface area contributed by atoms with Crippen molar-refractivity contribution in [2.75, 3.05) is 85.1 Å². The highest BCUT2D eigenvalue weighted by atomic mass is 32.2. The minimum atomic E-state index is -0.0706. The van der Waals surface area contributed by atoms with E-state index in [1.54, 1.807) is 29.4 Å². The number of hydrogen-bond donors (Lipinski definition) is 0. The molecule has 36 nitrogen and oxygen atoms in total. The lowest BCUT2D eigenvalue weighted by Crippen LogP contribution is -2.54. The summed E-state index contributed by atoms with van der Waals surface area (Å²) in [5.74, 6) is 0.611. The van der Waals surface area contributed by atoms with Crippen LogP contribution in [0.2, 0.25) is 0 Å². The zero-order valence-electron chi connectivity index (χ0n) is 78.4. The average Bonchev–Trinajstić information content (AvgIpc) is 1.59. The molecule has 6 saturated heterocycles. The van der Waals surface area contributed by atoms with Gasteiger partial charge in [-0.05, 0) is 260 Å². The SMILES string of the molecule is C/C=C\CN(C/C=C/C)C(=O)Sc1nsc(C)n1.C=C(C)CN(CC(=C)C)C(=O)Sc1nsc(C)n1.C=CCCN(CCC=C)C(=O)Sc1nsc(C)n1.Cc1nc(SC(=O)N2C(C)C2C)ns1.Cc1nc(SC(=O)N2CC(C)C2C)ns1.Cc1nc(SC(=O)N2CC2)ns1.Cc1nc(SC(=O)N2CC2C)ns1.Cc1nc(SC(=O)N2CCC2)ns1.Cc1nc(SC(=O)N2CCC2C)ns1. The third-order valence-electron chi connectivity index (χ3n) is 18.4. The number of nitrogens with zero attached hydrogens (tertiary/aromatic N) is 27. The fourth-order valence-corrected chi connectivity index (χ4v) is 22.7. The molecule has 0 aromatic carbocycles. The summed E-state index contributed by atoms with van der Waals surface area (Å²) < 4.78 is 36.6. The maximum atomic E-state index is 12.1. The molecule has 6 atom stereocenters. The fraction of sp³-hybridized carbons (Fsp3) is 0.519. The van der Waals surface area contributed by atoms with E-state index in [-0.39, 0.29) is 47.2 Å². The molecule has 15 heterocycles. The Morgan fingerprint density at radius 1 is 0.356 bits per heavy atom. The van der Waals surface area contributed by atoms with Gasteiger partial charge >= 0.3 is 0 Å². The highest BCUT2D eigenvalue weighted by Gasteiger charge is 2.44.